The van der Waals surface area contributed by atoms with Gasteiger partial charge in [0.1, 0.15) is 5.75 Å². The van der Waals surface area contributed by atoms with Crippen molar-refractivity contribution in [3.8, 4) is 5.75 Å². The van der Waals surface area contributed by atoms with Crippen LogP contribution in [0.4, 0.5) is 5.69 Å². The molecule has 0 atom stereocenters. The van der Waals surface area contributed by atoms with Gasteiger partial charge < -0.3 is 10.1 Å². The highest BCUT2D eigenvalue weighted by molar-refractivity contribution is 6.31. The molecule has 0 spiro atoms. The van der Waals surface area contributed by atoms with E-state index < -0.39 is 0 Å². The predicted octanol–water partition coefficient (Wildman–Crippen LogP) is 4.94. The first kappa shape index (κ1) is 16.4. The SMILES string of the molecule is Cc1ccc(NC(=O)c2ccc(OCC(C)C)cc2)cc1Cl. The van der Waals surface area contributed by atoms with Gasteiger partial charge in [0.2, 0.25) is 0 Å². The minimum absolute atomic E-state index is 0.171. The number of anilines is 1. The standard InChI is InChI=1S/C18H20ClNO2/c1-12(2)11-22-16-8-5-14(6-9-16)18(21)20-15-7-4-13(3)17(19)10-15/h4-10,12H,11H2,1-3H3,(H,20,21). The lowest BCUT2D eigenvalue weighted by Gasteiger charge is -2.10. The first-order valence-corrected chi connectivity index (χ1v) is 7.64. The fourth-order valence-electron chi connectivity index (χ4n) is 1.84. The van der Waals surface area contributed by atoms with Crippen molar-refractivity contribution in [3.05, 3.63) is 58.6 Å². The normalized spacial score (nSPS) is 10.6. The van der Waals surface area contributed by atoms with E-state index in [2.05, 4.69) is 19.2 Å². The Morgan fingerprint density at radius 3 is 2.45 bits per heavy atom. The first-order valence-electron chi connectivity index (χ1n) is 7.26. The number of rotatable bonds is 5. The Labute approximate surface area is 136 Å². The van der Waals surface area contributed by atoms with Crippen molar-refractivity contribution in [1.82, 2.24) is 0 Å². The van der Waals surface area contributed by atoms with Crippen LogP contribution in [0.3, 0.4) is 0 Å². The van der Waals surface area contributed by atoms with Crippen LogP contribution in [0.5, 0.6) is 5.75 Å². The highest BCUT2D eigenvalue weighted by atomic mass is 35.5. The van der Waals surface area contributed by atoms with Gasteiger partial charge in [-0.15, -0.1) is 0 Å². The van der Waals surface area contributed by atoms with Gasteiger partial charge in [-0.05, 0) is 54.8 Å². The number of hydrogen-bond donors (Lipinski definition) is 1. The lowest BCUT2D eigenvalue weighted by molar-refractivity contribution is 0.102. The fourth-order valence-corrected chi connectivity index (χ4v) is 2.02. The molecule has 0 aliphatic heterocycles. The zero-order valence-corrected chi connectivity index (χ0v) is 13.8. The molecule has 1 N–H and O–H groups in total. The minimum atomic E-state index is -0.171. The molecule has 4 heteroatoms. The Bertz CT molecular complexity index is 651. The summed E-state index contributed by atoms with van der Waals surface area (Å²) >= 11 is 6.06. The van der Waals surface area contributed by atoms with Crippen molar-refractivity contribution in [1.29, 1.82) is 0 Å². The number of amides is 1. The van der Waals surface area contributed by atoms with Crippen molar-refractivity contribution in [2.45, 2.75) is 20.8 Å². The van der Waals surface area contributed by atoms with Crippen LogP contribution in [-0.4, -0.2) is 12.5 Å². The van der Waals surface area contributed by atoms with Crippen LogP contribution >= 0.6 is 11.6 Å². The van der Waals surface area contributed by atoms with Gasteiger partial charge in [-0.25, -0.2) is 0 Å². The van der Waals surface area contributed by atoms with Crippen molar-refractivity contribution in [2.24, 2.45) is 5.92 Å². The maximum atomic E-state index is 12.2. The van der Waals surface area contributed by atoms with Crippen LogP contribution in [0.2, 0.25) is 5.02 Å². The third kappa shape index (κ3) is 4.50. The molecule has 0 aliphatic carbocycles. The van der Waals surface area contributed by atoms with Crippen molar-refractivity contribution >= 4 is 23.2 Å². The quantitative estimate of drug-likeness (QED) is 0.848. The maximum absolute atomic E-state index is 12.2. The number of halogens is 1. The highest BCUT2D eigenvalue weighted by Gasteiger charge is 2.07. The van der Waals surface area contributed by atoms with Gasteiger partial charge in [-0.2, -0.15) is 0 Å². The summed E-state index contributed by atoms with van der Waals surface area (Å²) in [6.45, 7) is 6.76. The Balaban J connectivity index is 2.01. The number of hydrogen-bond acceptors (Lipinski definition) is 2. The summed E-state index contributed by atoms with van der Waals surface area (Å²) in [6.07, 6.45) is 0. The Morgan fingerprint density at radius 1 is 1.18 bits per heavy atom. The monoisotopic (exact) mass is 317 g/mol. The molecule has 2 aromatic carbocycles. The van der Waals surface area contributed by atoms with Crippen LogP contribution in [0.1, 0.15) is 29.8 Å². The topological polar surface area (TPSA) is 38.3 Å². The second-order valence-corrected chi connectivity index (χ2v) is 6.05. The summed E-state index contributed by atoms with van der Waals surface area (Å²) in [7, 11) is 0. The summed E-state index contributed by atoms with van der Waals surface area (Å²) in [5, 5.41) is 3.47. The lowest BCUT2D eigenvalue weighted by atomic mass is 10.2. The van der Waals surface area contributed by atoms with Gasteiger partial charge in [-0.1, -0.05) is 31.5 Å². The van der Waals surface area contributed by atoms with Crippen LogP contribution < -0.4 is 10.1 Å². The van der Waals surface area contributed by atoms with Crippen LogP contribution in [0.15, 0.2) is 42.5 Å². The van der Waals surface area contributed by atoms with E-state index in [0.717, 1.165) is 11.3 Å². The number of carbonyl (C=O) groups excluding carboxylic acids is 1. The third-order valence-corrected chi connectivity index (χ3v) is 3.54. The van der Waals surface area contributed by atoms with E-state index in [1.165, 1.54) is 0 Å². The largest absolute Gasteiger partial charge is 0.493 e. The molecule has 0 unspecified atom stereocenters. The third-order valence-electron chi connectivity index (χ3n) is 3.13. The van der Waals surface area contributed by atoms with Gasteiger partial charge in [-0.3, -0.25) is 4.79 Å². The molecule has 0 heterocycles. The molecule has 0 radical (unpaired) electrons. The van der Waals surface area contributed by atoms with E-state index in [1.807, 2.05) is 19.1 Å². The molecule has 116 valence electrons. The Hall–Kier alpha value is -2.00. The van der Waals surface area contributed by atoms with Crippen molar-refractivity contribution in [3.63, 3.8) is 0 Å². The van der Waals surface area contributed by atoms with Gasteiger partial charge in [0.15, 0.2) is 0 Å². The summed E-state index contributed by atoms with van der Waals surface area (Å²) < 4.78 is 5.60. The molecule has 1 amide bonds. The second kappa shape index (κ2) is 7.32. The van der Waals surface area contributed by atoms with Crippen LogP contribution in [0.25, 0.3) is 0 Å². The van der Waals surface area contributed by atoms with E-state index in [0.29, 0.717) is 28.8 Å². The van der Waals surface area contributed by atoms with Gasteiger partial charge >= 0.3 is 0 Å². The maximum Gasteiger partial charge on any atom is 0.255 e. The number of nitrogens with one attached hydrogen (secondary N) is 1. The van der Waals surface area contributed by atoms with Crippen LogP contribution in [-0.2, 0) is 0 Å². The number of benzene rings is 2. The molecule has 22 heavy (non-hydrogen) atoms. The molecule has 0 saturated heterocycles. The molecule has 0 aliphatic rings. The number of aryl methyl sites for hydroxylation is 1. The van der Waals surface area contributed by atoms with Gasteiger partial charge in [0.25, 0.3) is 5.91 Å². The summed E-state index contributed by atoms with van der Waals surface area (Å²) in [6, 6.07) is 12.6. The Morgan fingerprint density at radius 2 is 1.86 bits per heavy atom. The van der Waals surface area contributed by atoms with Gasteiger partial charge in [0.05, 0.1) is 6.61 Å². The molecular weight excluding hydrogens is 298 g/mol. The zero-order chi connectivity index (χ0) is 16.1. The van der Waals surface area contributed by atoms with Gasteiger partial charge in [0, 0.05) is 16.3 Å². The smallest absolute Gasteiger partial charge is 0.255 e. The Kier molecular flexibility index (Phi) is 5.45. The van der Waals surface area contributed by atoms with Crippen molar-refractivity contribution < 1.29 is 9.53 Å². The van der Waals surface area contributed by atoms with E-state index in [1.54, 1.807) is 30.3 Å². The average molecular weight is 318 g/mol. The zero-order valence-electron chi connectivity index (χ0n) is 13.0. The molecule has 0 bridgehead atoms. The molecule has 2 aromatic rings. The molecule has 0 saturated carbocycles. The van der Waals surface area contributed by atoms with Crippen molar-refractivity contribution in [2.75, 3.05) is 11.9 Å². The summed E-state index contributed by atoms with van der Waals surface area (Å²) in [5.41, 5.74) is 2.24. The van der Waals surface area contributed by atoms with E-state index in [9.17, 15) is 4.79 Å². The summed E-state index contributed by atoms with van der Waals surface area (Å²) in [4.78, 5) is 12.2. The van der Waals surface area contributed by atoms with E-state index >= 15 is 0 Å². The molecule has 2 rings (SSSR count). The van der Waals surface area contributed by atoms with Crippen LogP contribution in [0, 0.1) is 12.8 Å². The van der Waals surface area contributed by atoms with E-state index in [-0.39, 0.29) is 5.91 Å². The second-order valence-electron chi connectivity index (χ2n) is 5.65. The predicted molar refractivity (Wildman–Crippen MR) is 90.9 cm³/mol. The molecule has 3 nitrogen and oxygen atoms in total. The first-order chi connectivity index (χ1) is 10.5. The molecule has 0 aromatic heterocycles. The number of carbonyl (C=O) groups is 1. The molecular formula is C18H20ClNO2. The minimum Gasteiger partial charge on any atom is -0.493 e. The highest BCUT2D eigenvalue weighted by Crippen LogP contribution is 2.21. The van der Waals surface area contributed by atoms with E-state index in [4.69, 9.17) is 16.3 Å². The fraction of sp³-hybridized carbons (Fsp3) is 0.278. The number of ether oxygens (including phenoxy) is 1. The molecule has 0 fully saturated rings. The lowest BCUT2D eigenvalue weighted by Crippen LogP contribution is -2.12. The summed E-state index contributed by atoms with van der Waals surface area (Å²) in [5.74, 6) is 1.06. The average Bonchev–Trinajstić information content (AvgIpc) is 2.49.